The molecule has 0 aliphatic carbocycles. The van der Waals surface area contributed by atoms with Crippen LogP contribution < -0.4 is 10.6 Å². The fourth-order valence-corrected chi connectivity index (χ4v) is 1.49. The van der Waals surface area contributed by atoms with Crippen molar-refractivity contribution in [3.8, 4) is 0 Å². The van der Waals surface area contributed by atoms with Crippen LogP contribution >= 0.6 is 0 Å². The van der Waals surface area contributed by atoms with Gasteiger partial charge in [-0.1, -0.05) is 0 Å². The van der Waals surface area contributed by atoms with Gasteiger partial charge in [-0.05, 0) is 20.8 Å². The van der Waals surface area contributed by atoms with Crippen LogP contribution in [0.4, 0.5) is 24.9 Å². The molecule has 0 saturated carbocycles. The second-order valence-corrected chi connectivity index (χ2v) is 4.19. The summed E-state index contributed by atoms with van der Waals surface area (Å²) in [6.07, 6.45) is -4.51. The van der Waals surface area contributed by atoms with E-state index in [0.717, 1.165) is 6.07 Å². The molecule has 0 bridgehead atoms. The molecular weight excluding hydrogens is 273 g/mol. The Morgan fingerprint density at radius 3 is 2.55 bits per heavy atom. The lowest BCUT2D eigenvalue weighted by Gasteiger charge is -2.16. The average molecular weight is 292 g/mol. The summed E-state index contributed by atoms with van der Waals surface area (Å²) in [6, 6.07) is 0.740. The number of anilines is 2. The van der Waals surface area contributed by atoms with Gasteiger partial charge in [0.05, 0.1) is 6.61 Å². The molecule has 0 spiro atoms. The van der Waals surface area contributed by atoms with Gasteiger partial charge in [0.15, 0.2) is 5.69 Å². The molecule has 114 valence electrons. The van der Waals surface area contributed by atoms with E-state index in [0.29, 0.717) is 19.8 Å². The van der Waals surface area contributed by atoms with E-state index in [1.165, 1.54) is 0 Å². The quantitative estimate of drug-likeness (QED) is 0.809. The topological polar surface area (TPSA) is 59.1 Å². The fourth-order valence-electron chi connectivity index (χ4n) is 1.49. The first kappa shape index (κ1) is 16.5. The molecule has 0 fully saturated rings. The van der Waals surface area contributed by atoms with Crippen molar-refractivity contribution in [1.82, 2.24) is 9.97 Å². The van der Waals surface area contributed by atoms with Crippen molar-refractivity contribution >= 4 is 11.8 Å². The van der Waals surface area contributed by atoms with Crippen molar-refractivity contribution in [2.24, 2.45) is 0 Å². The lowest BCUT2D eigenvalue weighted by atomic mass is 10.3. The Bertz CT molecular complexity index is 426. The third-order valence-electron chi connectivity index (χ3n) is 2.32. The first-order valence-electron chi connectivity index (χ1n) is 6.41. The van der Waals surface area contributed by atoms with E-state index in [9.17, 15) is 13.2 Å². The second kappa shape index (κ2) is 7.28. The Labute approximate surface area is 116 Å². The molecule has 5 nitrogen and oxygen atoms in total. The average Bonchev–Trinajstić information content (AvgIpc) is 2.35. The summed E-state index contributed by atoms with van der Waals surface area (Å²) in [7, 11) is 0. The normalized spacial score (nSPS) is 13.1. The van der Waals surface area contributed by atoms with Crippen LogP contribution in [0.1, 0.15) is 26.5 Å². The predicted octanol–water partition coefficient (Wildman–Crippen LogP) is 2.76. The van der Waals surface area contributed by atoms with Gasteiger partial charge in [-0.15, -0.1) is 0 Å². The second-order valence-electron chi connectivity index (χ2n) is 4.19. The van der Waals surface area contributed by atoms with Crippen LogP contribution in [-0.2, 0) is 10.9 Å². The highest BCUT2D eigenvalue weighted by Gasteiger charge is 2.33. The Balaban J connectivity index is 2.91. The Morgan fingerprint density at radius 1 is 1.30 bits per heavy atom. The van der Waals surface area contributed by atoms with Crippen molar-refractivity contribution < 1.29 is 17.9 Å². The summed E-state index contributed by atoms with van der Waals surface area (Å²) in [6.45, 7) is 6.79. The molecule has 1 heterocycles. The molecule has 0 radical (unpaired) electrons. The van der Waals surface area contributed by atoms with Gasteiger partial charge < -0.3 is 15.4 Å². The number of alkyl halides is 3. The number of hydrogen-bond donors (Lipinski definition) is 2. The maximum absolute atomic E-state index is 12.8. The number of nitrogens with zero attached hydrogens (tertiary/aromatic N) is 2. The summed E-state index contributed by atoms with van der Waals surface area (Å²) < 4.78 is 43.5. The minimum Gasteiger partial charge on any atom is -0.380 e. The van der Waals surface area contributed by atoms with Crippen LogP contribution in [0.25, 0.3) is 0 Å². The predicted molar refractivity (Wildman–Crippen MR) is 70.8 cm³/mol. The molecule has 1 unspecified atom stereocenters. The standard InChI is InChI=1S/C12H19F3N4O/c1-4-16-11-18-9(12(13,14)15)6-10(19-11)17-8(3)7-20-5-2/h6,8H,4-5,7H2,1-3H3,(H2,16,17,18,19). The van der Waals surface area contributed by atoms with Gasteiger partial charge in [-0.2, -0.15) is 18.2 Å². The van der Waals surface area contributed by atoms with Gasteiger partial charge in [0, 0.05) is 25.3 Å². The number of hydrogen-bond acceptors (Lipinski definition) is 5. The molecule has 1 rings (SSSR count). The maximum Gasteiger partial charge on any atom is 0.433 e. The molecule has 0 aliphatic rings. The third kappa shape index (κ3) is 5.20. The van der Waals surface area contributed by atoms with Gasteiger partial charge in [-0.3, -0.25) is 0 Å². The zero-order valence-corrected chi connectivity index (χ0v) is 11.7. The summed E-state index contributed by atoms with van der Waals surface area (Å²) >= 11 is 0. The number of halogens is 3. The van der Waals surface area contributed by atoms with Crippen LogP contribution in [0, 0.1) is 0 Å². The Kier molecular flexibility index (Phi) is 6.00. The van der Waals surface area contributed by atoms with Gasteiger partial charge in [0.25, 0.3) is 0 Å². The maximum atomic E-state index is 12.8. The molecule has 0 aliphatic heterocycles. The first-order chi connectivity index (χ1) is 9.36. The summed E-state index contributed by atoms with van der Waals surface area (Å²) in [5.74, 6) is 0.0731. The molecular formula is C12H19F3N4O. The van der Waals surface area contributed by atoms with E-state index in [1.54, 1.807) is 13.8 Å². The largest absolute Gasteiger partial charge is 0.433 e. The first-order valence-corrected chi connectivity index (χ1v) is 6.41. The molecule has 0 amide bonds. The van der Waals surface area contributed by atoms with Crippen molar-refractivity contribution in [1.29, 1.82) is 0 Å². The van der Waals surface area contributed by atoms with E-state index in [2.05, 4.69) is 20.6 Å². The lowest BCUT2D eigenvalue weighted by molar-refractivity contribution is -0.141. The molecule has 0 aromatic carbocycles. The third-order valence-corrected chi connectivity index (χ3v) is 2.32. The van der Waals surface area contributed by atoms with Crippen LogP contribution in [0.2, 0.25) is 0 Å². The fraction of sp³-hybridized carbons (Fsp3) is 0.667. The summed E-state index contributed by atoms with van der Waals surface area (Å²) in [5.41, 5.74) is -0.977. The lowest BCUT2D eigenvalue weighted by Crippen LogP contribution is -2.23. The summed E-state index contributed by atoms with van der Waals surface area (Å²) in [4.78, 5) is 7.44. The van der Waals surface area contributed by atoms with E-state index >= 15 is 0 Å². The van der Waals surface area contributed by atoms with E-state index in [4.69, 9.17) is 4.74 Å². The molecule has 8 heteroatoms. The van der Waals surface area contributed by atoms with Gasteiger partial charge in [0.2, 0.25) is 5.95 Å². The Hall–Kier alpha value is -1.57. The molecule has 1 aromatic rings. The van der Waals surface area contributed by atoms with E-state index in [1.807, 2.05) is 6.92 Å². The molecule has 1 atom stereocenters. The minimum atomic E-state index is -4.51. The van der Waals surface area contributed by atoms with Gasteiger partial charge in [-0.25, -0.2) is 4.98 Å². The Morgan fingerprint density at radius 2 is 2.00 bits per heavy atom. The molecule has 0 saturated heterocycles. The number of aromatic nitrogens is 2. The minimum absolute atomic E-state index is 0.0477. The number of rotatable bonds is 7. The SMILES string of the molecule is CCNc1nc(NC(C)COCC)cc(C(F)(F)F)n1. The van der Waals surface area contributed by atoms with E-state index in [-0.39, 0.29) is 17.8 Å². The van der Waals surface area contributed by atoms with Crippen molar-refractivity contribution in [3.05, 3.63) is 11.8 Å². The molecule has 2 N–H and O–H groups in total. The van der Waals surface area contributed by atoms with Crippen molar-refractivity contribution in [2.75, 3.05) is 30.4 Å². The van der Waals surface area contributed by atoms with Crippen molar-refractivity contribution in [2.45, 2.75) is 33.0 Å². The van der Waals surface area contributed by atoms with E-state index < -0.39 is 11.9 Å². The van der Waals surface area contributed by atoms with Gasteiger partial charge >= 0.3 is 6.18 Å². The number of ether oxygens (including phenoxy) is 1. The van der Waals surface area contributed by atoms with Crippen LogP contribution in [0.3, 0.4) is 0 Å². The van der Waals surface area contributed by atoms with Crippen molar-refractivity contribution in [3.63, 3.8) is 0 Å². The van der Waals surface area contributed by atoms with Crippen LogP contribution in [0.15, 0.2) is 6.07 Å². The highest BCUT2D eigenvalue weighted by molar-refractivity contribution is 5.43. The van der Waals surface area contributed by atoms with Gasteiger partial charge in [0.1, 0.15) is 5.82 Å². The molecule has 1 aromatic heterocycles. The summed E-state index contributed by atoms with van der Waals surface area (Å²) in [5, 5.41) is 5.56. The highest BCUT2D eigenvalue weighted by atomic mass is 19.4. The zero-order valence-electron chi connectivity index (χ0n) is 11.7. The highest BCUT2D eigenvalue weighted by Crippen LogP contribution is 2.29. The van der Waals surface area contributed by atoms with Crippen LogP contribution in [-0.4, -0.2) is 35.8 Å². The zero-order chi connectivity index (χ0) is 15.2. The smallest absolute Gasteiger partial charge is 0.380 e. The molecule has 20 heavy (non-hydrogen) atoms. The monoisotopic (exact) mass is 292 g/mol. The van der Waals surface area contributed by atoms with Crippen LogP contribution in [0.5, 0.6) is 0 Å². The number of nitrogens with one attached hydrogen (secondary N) is 2.